The summed E-state index contributed by atoms with van der Waals surface area (Å²) in [5.74, 6) is 0.0347. The predicted octanol–water partition coefficient (Wildman–Crippen LogP) is 4.51. The second-order valence-electron chi connectivity index (χ2n) is 6.48. The Morgan fingerprint density at radius 3 is 2.10 bits per heavy atom. The fourth-order valence-corrected chi connectivity index (χ4v) is 11.6. The molecule has 3 aromatic carbocycles. The molecule has 0 bridgehead atoms. The van der Waals surface area contributed by atoms with Crippen LogP contribution in [-0.2, 0) is 0 Å². The Morgan fingerprint density at radius 2 is 1.38 bits per heavy atom. The van der Waals surface area contributed by atoms with Crippen molar-refractivity contribution in [1.29, 1.82) is 0 Å². The molecule has 5 aromatic rings. The van der Waals surface area contributed by atoms with Crippen LogP contribution in [0.2, 0.25) is 0 Å². The molecular weight excluding hydrogens is 510 g/mol. The Kier molecular flexibility index (Phi) is 5.09. The fraction of sp³-hybridized carbons (Fsp3) is 0. The Bertz CT molecular complexity index is 1350. The van der Waals surface area contributed by atoms with Crippen LogP contribution in [-0.4, -0.2) is 39.9 Å². The maximum atomic E-state index is 13.5. The van der Waals surface area contributed by atoms with Gasteiger partial charge in [-0.15, -0.1) is 0 Å². The van der Waals surface area contributed by atoms with E-state index in [1.165, 1.54) is 8.27 Å². The zero-order chi connectivity index (χ0) is 19.8. The quantitative estimate of drug-likeness (QED) is 0.251. The van der Waals surface area contributed by atoms with E-state index in [0.29, 0.717) is 5.56 Å². The van der Waals surface area contributed by atoms with Gasteiger partial charge in [-0.1, -0.05) is 0 Å². The van der Waals surface area contributed by atoms with E-state index in [2.05, 4.69) is 12.1 Å². The van der Waals surface area contributed by atoms with E-state index in [4.69, 9.17) is 0 Å². The molecule has 5 rings (SSSR count). The van der Waals surface area contributed by atoms with Crippen molar-refractivity contribution in [3.05, 3.63) is 102 Å². The van der Waals surface area contributed by atoms with Crippen molar-refractivity contribution < 1.29 is 9.59 Å². The molecule has 0 saturated heterocycles. The van der Waals surface area contributed by atoms with Crippen LogP contribution < -0.4 is 3.34 Å². The van der Waals surface area contributed by atoms with Crippen molar-refractivity contribution >= 4 is 73.6 Å². The Labute approximate surface area is 184 Å². The minimum absolute atomic E-state index is 0.0171. The van der Waals surface area contributed by atoms with Crippen molar-refractivity contribution in [2.45, 2.75) is 0 Å². The maximum absolute atomic E-state index is 13.5. The van der Waals surface area contributed by atoms with Gasteiger partial charge in [-0.2, -0.15) is 0 Å². The van der Waals surface area contributed by atoms with Crippen molar-refractivity contribution in [3.8, 4) is 0 Å². The first-order valence-electron chi connectivity index (χ1n) is 9.03. The zero-order valence-corrected chi connectivity index (χ0v) is 19.4. The van der Waals surface area contributed by atoms with E-state index < -0.39 is 0 Å². The van der Waals surface area contributed by atoms with Gasteiger partial charge >= 0.3 is 185 Å². The molecule has 0 amide bonds. The summed E-state index contributed by atoms with van der Waals surface area (Å²) in [5, 5.41) is 2.20. The summed E-state index contributed by atoms with van der Waals surface area (Å²) < 4.78 is 3.65. The van der Waals surface area contributed by atoms with Crippen molar-refractivity contribution in [3.63, 3.8) is 0 Å². The summed E-state index contributed by atoms with van der Waals surface area (Å²) in [5.41, 5.74) is 2.18. The molecule has 140 valence electrons. The summed E-state index contributed by atoms with van der Waals surface area (Å²) in [7, 11) is 0. The normalized spacial score (nSPS) is 11.2. The van der Waals surface area contributed by atoms with Gasteiger partial charge in [0.05, 0.1) is 0 Å². The van der Waals surface area contributed by atoms with E-state index in [1.807, 2.05) is 72.8 Å². The van der Waals surface area contributed by atoms with Crippen LogP contribution >= 0.6 is 11.3 Å². The van der Waals surface area contributed by atoms with Crippen LogP contribution in [0, 0.1) is 0 Å². The molecule has 0 N–H and O–H groups in total. The molecule has 0 spiro atoms. The number of thiophene rings is 1. The van der Waals surface area contributed by atoms with Gasteiger partial charge in [0.1, 0.15) is 0 Å². The van der Waals surface area contributed by atoms with Crippen molar-refractivity contribution in [2.24, 2.45) is 0 Å². The van der Waals surface area contributed by atoms with E-state index in [1.54, 1.807) is 11.3 Å². The second kappa shape index (κ2) is 7.87. The third kappa shape index (κ3) is 3.46. The molecule has 0 aliphatic carbocycles. The molecular formula is C24H14O2SSe2. The number of carbonyl (C=O) groups is 2. The summed E-state index contributed by atoms with van der Waals surface area (Å²) in [4.78, 5) is 26.5. The summed E-state index contributed by atoms with van der Waals surface area (Å²) in [6, 6.07) is 27.1. The number of benzene rings is 3. The van der Waals surface area contributed by atoms with Gasteiger partial charge in [0.15, 0.2) is 0 Å². The van der Waals surface area contributed by atoms with Crippen molar-refractivity contribution in [2.75, 3.05) is 0 Å². The second-order valence-corrected chi connectivity index (χ2v) is 13.6. The molecule has 2 heterocycles. The average molecular weight is 524 g/mol. The first-order valence-corrected chi connectivity index (χ1v) is 13.3. The predicted molar refractivity (Wildman–Crippen MR) is 122 cm³/mol. The van der Waals surface area contributed by atoms with E-state index in [0.717, 1.165) is 25.2 Å². The van der Waals surface area contributed by atoms with Crippen LogP contribution in [0.25, 0.3) is 19.0 Å². The van der Waals surface area contributed by atoms with Crippen LogP contribution in [0.3, 0.4) is 0 Å². The molecule has 2 aromatic heterocycles. The summed E-state index contributed by atoms with van der Waals surface area (Å²) in [6.45, 7) is 0. The molecule has 29 heavy (non-hydrogen) atoms. The summed E-state index contributed by atoms with van der Waals surface area (Å²) in [6.07, 6.45) is 0. The average Bonchev–Trinajstić information content (AvgIpc) is 3.30. The Hall–Kier alpha value is -2.26. The molecule has 0 unspecified atom stereocenters. The van der Waals surface area contributed by atoms with Gasteiger partial charge in [0.25, 0.3) is 0 Å². The van der Waals surface area contributed by atoms with Gasteiger partial charge < -0.3 is 0 Å². The van der Waals surface area contributed by atoms with Gasteiger partial charge in [0.2, 0.25) is 0 Å². The van der Waals surface area contributed by atoms with Crippen LogP contribution in [0.1, 0.15) is 26.3 Å². The molecule has 0 aliphatic rings. The van der Waals surface area contributed by atoms with Crippen molar-refractivity contribution in [1.82, 2.24) is 0 Å². The van der Waals surface area contributed by atoms with E-state index >= 15 is 0 Å². The van der Waals surface area contributed by atoms with E-state index in [-0.39, 0.29) is 39.9 Å². The zero-order valence-electron chi connectivity index (χ0n) is 15.1. The first kappa shape index (κ1) is 18.7. The third-order valence-electron chi connectivity index (χ3n) is 4.66. The monoisotopic (exact) mass is 526 g/mol. The fourth-order valence-electron chi connectivity index (χ4n) is 3.30. The summed E-state index contributed by atoms with van der Waals surface area (Å²) >= 11 is 1.39. The molecule has 0 atom stereocenters. The number of fused-ring (bicyclic) bond motifs is 3. The number of carbonyl (C=O) groups excluding carboxylic acids is 2. The molecule has 0 aliphatic heterocycles. The minimum atomic E-state index is -0.388. The van der Waals surface area contributed by atoms with Gasteiger partial charge in [0, 0.05) is 0 Å². The van der Waals surface area contributed by atoms with Crippen LogP contribution in [0.5, 0.6) is 0 Å². The molecule has 0 fully saturated rings. The number of ketones is 1. The topological polar surface area (TPSA) is 34.1 Å². The van der Waals surface area contributed by atoms with Gasteiger partial charge in [-0.25, -0.2) is 0 Å². The Morgan fingerprint density at radius 1 is 0.759 bits per heavy atom. The standard InChI is InChI=1S/C24H14O2SSe2/c25-21(15-9-3-1-4-10-15)20-19-17-13-7-8-14-18(17)27-23(19)29-24(20)28-22(26)16-11-5-2-6-12-16/h1-14H. The number of hydrogen-bond donors (Lipinski definition) is 0. The number of rotatable bonds is 5. The number of hydrogen-bond acceptors (Lipinski definition) is 3. The van der Waals surface area contributed by atoms with E-state index in [9.17, 15) is 9.59 Å². The third-order valence-corrected chi connectivity index (χ3v) is 11.7. The molecule has 0 saturated carbocycles. The SMILES string of the molecule is O=C([Se]c1[se]c2sc3ccccc3c2c1C(=O)c1ccccc1)c1ccccc1. The molecule has 0 radical (unpaired) electrons. The molecule has 2 nitrogen and oxygen atoms in total. The van der Waals surface area contributed by atoms with Gasteiger partial charge in [-0.05, 0) is 0 Å². The van der Waals surface area contributed by atoms with Crippen LogP contribution in [0.4, 0.5) is 0 Å². The first-order chi connectivity index (χ1) is 14.2. The Balaban J connectivity index is 1.69. The van der Waals surface area contributed by atoms with Crippen LogP contribution in [0.15, 0.2) is 84.9 Å². The molecule has 5 heteroatoms. The van der Waals surface area contributed by atoms with Gasteiger partial charge in [-0.3, -0.25) is 0 Å².